The van der Waals surface area contributed by atoms with Crippen molar-refractivity contribution in [3.8, 4) is 5.75 Å². The highest BCUT2D eigenvalue weighted by Gasteiger charge is 2.33. The molecule has 0 fully saturated rings. The maximum Gasteiger partial charge on any atom is 0.405 e. The van der Waals surface area contributed by atoms with E-state index in [1.807, 2.05) is 0 Å². The van der Waals surface area contributed by atoms with Crippen LogP contribution in [-0.4, -0.2) is 34.9 Å². The Morgan fingerprint density at radius 2 is 1.65 bits per heavy atom. The predicted octanol–water partition coefficient (Wildman–Crippen LogP) is 3.21. The molecule has 166 valence electrons. The lowest BCUT2D eigenvalue weighted by Crippen LogP contribution is -2.33. The van der Waals surface area contributed by atoms with E-state index >= 15 is 0 Å². The predicted molar refractivity (Wildman–Crippen MR) is 96.9 cm³/mol. The summed E-state index contributed by atoms with van der Waals surface area (Å²) in [6.07, 6.45) is -2.68. The summed E-state index contributed by atoms with van der Waals surface area (Å²) in [5, 5.41) is 20.3. The van der Waals surface area contributed by atoms with Gasteiger partial charge in [-0.2, -0.15) is 0 Å². The van der Waals surface area contributed by atoms with Gasteiger partial charge in [0.25, 0.3) is 5.91 Å². The van der Waals surface area contributed by atoms with Crippen molar-refractivity contribution in [2.75, 3.05) is 11.9 Å². The molecule has 9 nitrogen and oxygen atoms in total. The van der Waals surface area contributed by atoms with Gasteiger partial charge in [0.05, 0.1) is 18.2 Å². The summed E-state index contributed by atoms with van der Waals surface area (Å²) in [5.41, 5.74) is 2.89. The number of carbonyl (C=O) groups is 3. The summed E-state index contributed by atoms with van der Waals surface area (Å²) in [5.74, 6) is -6.23. The normalized spacial score (nSPS) is 14.3. The Bertz CT molecular complexity index is 1030. The van der Waals surface area contributed by atoms with E-state index in [0.29, 0.717) is 12.1 Å². The zero-order valence-electron chi connectivity index (χ0n) is 15.4. The van der Waals surface area contributed by atoms with Gasteiger partial charge in [0, 0.05) is 24.2 Å². The summed E-state index contributed by atoms with van der Waals surface area (Å²) in [6.45, 7) is -0.0910. The molecule has 3 rings (SSSR count). The lowest BCUT2D eigenvalue weighted by molar-refractivity contribution is 0.101. The van der Waals surface area contributed by atoms with Crippen molar-refractivity contribution in [1.82, 2.24) is 5.32 Å². The number of fused-ring (bicyclic) bond motifs is 1. The number of nitrogens with two attached hydrogens (primary N) is 1. The highest BCUT2D eigenvalue weighted by molar-refractivity contribution is 6.06. The second kappa shape index (κ2) is 9.65. The zero-order valence-corrected chi connectivity index (χ0v) is 15.4. The Balaban J connectivity index is 0.000000785. The quantitative estimate of drug-likeness (QED) is 0.458. The second-order valence-corrected chi connectivity index (χ2v) is 6.02. The number of halogens is 4. The number of hydrogen-bond donors (Lipinski definition) is 5. The minimum Gasteiger partial charge on any atom is -0.492 e. The van der Waals surface area contributed by atoms with Gasteiger partial charge in [-0.1, -0.05) is 0 Å². The highest BCUT2D eigenvalue weighted by atomic mass is 19.2. The first-order valence-electron chi connectivity index (χ1n) is 8.40. The molecule has 1 atom stereocenters. The van der Waals surface area contributed by atoms with Crippen molar-refractivity contribution in [1.29, 1.82) is 0 Å². The Kier molecular flexibility index (Phi) is 7.24. The molecule has 0 radical (unpaired) electrons. The van der Waals surface area contributed by atoms with Crippen molar-refractivity contribution in [3.63, 3.8) is 0 Å². The third-order valence-corrected chi connectivity index (χ3v) is 3.92. The molecule has 1 aliphatic rings. The van der Waals surface area contributed by atoms with Crippen LogP contribution in [0.2, 0.25) is 0 Å². The van der Waals surface area contributed by atoms with E-state index in [2.05, 4.69) is 16.4 Å². The van der Waals surface area contributed by atoms with Crippen LogP contribution in [0.1, 0.15) is 28.4 Å². The van der Waals surface area contributed by atoms with Crippen LogP contribution in [0.4, 0.5) is 32.8 Å². The third-order valence-electron chi connectivity index (χ3n) is 3.92. The summed E-state index contributed by atoms with van der Waals surface area (Å²) < 4.78 is 60.0. The van der Waals surface area contributed by atoms with Crippen molar-refractivity contribution in [2.45, 2.75) is 12.5 Å². The van der Waals surface area contributed by atoms with Crippen LogP contribution in [0.25, 0.3) is 0 Å². The fraction of sp³-hybridized carbons (Fsp3) is 0.167. The van der Waals surface area contributed by atoms with Crippen molar-refractivity contribution < 1.29 is 46.9 Å². The molecule has 0 saturated carbocycles. The Morgan fingerprint density at radius 1 is 1.00 bits per heavy atom. The summed E-state index contributed by atoms with van der Waals surface area (Å²) in [7, 11) is 0. The molecule has 1 heterocycles. The van der Waals surface area contributed by atoms with Crippen molar-refractivity contribution in [3.05, 3.63) is 58.7 Å². The van der Waals surface area contributed by atoms with Crippen LogP contribution < -0.4 is 21.1 Å². The molecule has 0 aliphatic carbocycles. The average Bonchev–Trinajstić information content (AvgIpc) is 2.63. The van der Waals surface area contributed by atoms with E-state index in [0.717, 1.165) is 12.1 Å². The van der Waals surface area contributed by atoms with Gasteiger partial charge in [0.2, 0.25) is 0 Å². The van der Waals surface area contributed by atoms with E-state index in [9.17, 15) is 27.2 Å². The Morgan fingerprint density at radius 3 is 2.23 bits per heavy atom. The van der Waals surface area contributed by atoms with Crippen LogP contribution in [0.3, 0.4) is 0 Å². The molecule has 2 aromatic rings. The lowest BCUT2D eigenvalue weighted by atomic mass is 9.96. The number of ether oxygens (including phenoxy) is 1. The van der Waals surface area contributed by atoms with E-state index in [-0.39, 0.29) is 24.3 Å². The zero-order chi connectivity index (χ0) is 23.3. The van der Waals surface area contributed by atoms with E-state index in [1.54, 1.807) is 0 Å². The molecule has 1 aliphatic heterocycles. The maximum absolute atomic E-state index is 14.3. The summed E-state index contributed by atoms with van der Waals surface area (Å²) >= 11 is 0. The number of carbonyl (C=O) groups excluding carboxylic acids is 1. The fourth-order valence-electron chi connectivity index (χ4n) is 2.78. The van der Waals surface area contributed by atoms with Crippen molar-refractivity contribution >= 4 is 23.8 Å². The molecular formula is C18H15F4N3O6. The number of anilines is 1. The molecule has 0 aromatic heterocycles. The molecule has 3 amide bonds. The first-order chi connectivity index (χ1) is 14.5. The Labute approximate surface area is 171 Å². The smallest absolute Gasteiger partial charge is 0.405 e. The molecule has 6 N–H and O–H groups in total. The molecule has 0 spiro atoms. The monoisotopic (exact) mass is 445 g/mol. The molecule has 0 bridgehead atoms. The van der Waals surface area contributed by atoms with Gasteiger partial charge in [0.15, 0.2) is 11.6 Å². The van der Waals surface area contributed by atoms with Gasteiger partial charge < -0.3 is 31.3 Å². The number of amides is 3. The van der Waals surface area contributed by atoms with Gasteiger partial charge in [-0.05, 0) is 12.1 Å². The van der Waals surface area contributed by atoms with Crippen LogP contribution in [0.5, 0.6) is 5.75 Å². The van der Waals surface area contributed by atoms with Crippen LogP contribution in [0.15, 0.2) is 24.3 Å². The molecule has 0 unspecified atom stereocenters. The molecule has 2 aromatic carbocycles. The van der Waals surface area contributed by atoms with E-state index in [4.69, 9.17) is 19.7 Å². The molecule has 13 heteroatoms. The Hall–Kier alpha value is -4.03. The standard InChI is InChI=1S/C17H12F4N2O4.CH3NO2/c18-8-2-1-7(5-9(8)19)22-16(24)14-11(21)6-10(20)13-12(23-17(25)26)3-4-27-15(13)14;2-1(3)4/h1-2,5-6,12,23H,3-4H2,(H,22,24)(H,25,26);2H2,(H,3,4)/t12-;/m0./s1. The van der Waals surface area contributed by atoms with Gasteiger partial charge in [-0.15, -0.1) is 0 Å². The topological polar surface area (TPSA) is 151 Å². The number of carboxylic acid groups (broad SMARTS) is 2. The maximum atomic E-state index is 14.3. The van der Waals surface area contributed by atoms with E-state index < -0.39 is 58.7 Å². The average molecular weight is 445 g/mol. The molecule has 0 saturated heterocycles. The summed E-state index contributed by atoms with van der Waals surface area (Å²) in [4.78, 5) is 32.1. The highest BCUT2D eigenvalue weighted by Crippen LogP contribution is 2.38. The van der Waals surface area contributed by atoms with Gasteiger partial charge in [0.1, 0.15) is 22.9 Å². The molecular weight excluding hydrogens is 430 g/mol. The fourth-order valence-corrected chi connectivity index (χ4v) is 2.78. The van der Waals surface area contributed by atoms with Gasteiger partial charge in [-0.25, -0.2) is 27.2 Å². The number of primary amides is 1. The third kappa shape index (κ3) is 5.74. The van der Waals surface area contributed by atoms with Crippen LogP contribution in [0, 0.1) is 23.3 Å². The second-order valence-electron chi connectivity index (χ2n) is 6.02. The lowest BCUT2D eigenvalue weighted by Gasteiger charge is -2.28. The first kappa shape index (κ1) is 23.3. The minimum atomic E-state index is -1.43. The minimum absolute atomic E-state index is 0.0755. The number of rotatable bonds is 3. The van der Waals surface area contributed by atoms with Gasteiger partial charge in [-0.3, -0.25) is 4.79 Å². The van der Waals surface area contributed by atoms with E-state index in [1.165, 1.54) is 0 Å². The largest absolute Gasteiger partial charge is 0.492 e. The molecule has 31 heavy (non-hydrogen) atoms. The van der Waals surface area contributed by atoms with Crippen LogP contribution in [-0.2, 0) is 0 Å². The van der Waals surface area contributed by atoms with Gasteiger partial charge >= 0.3 is 12.2 Å². The number of hydrogen-bond acceptors (Lipinski definition) is 4. The van der Waals surface area contributed by atoms with Crippen LogP contribution >= 0.6 is 0 Å². The number of benzene rings is 2. The summed E-state index contributed by atoms with van der Waals surface area (Å²) in [6, 6.07) is 1.91. The first-order valence-corrected chi connectivity index (χ1v) is 8.40. The van der Waals surface area contributed by atoms with Crippen molar-refractivity contribution in [2.24, 2.45) is 5.73 Å². The SMILES string of the molecule is NC(=O)O.O=C(O)N[C@H]1CCOc2c(C(=O)Nc3ccc(F)c(F)c3)c(F)cc(F)c21. The number of nitrogens with one attached hydrogen (secondary N) is 2.